The molecule has 0 fully saturated rings. The zero-order valence-corrected chi connectivity index (χ0v) is 8.46. The first-order valence-corrected chi connectivity index (χ1v) is 5.83. The van der Waals surface area contributed by atoms with Crippen molar-refractivity contribution in [3.8, 4) is 0 Å². The molecule has 8 heavy (non-hydrogen) atoms. The lowest BCUT2D eigenvalue weighted by atomic mass is 10.2. The van der Waals surface area contributed by atoms with E-state index in [0.29, 0.717) is 5.04 Å². The fraction of sp³-hybridized carbons (Fsp3) is 1.00. The summed E-state index contributed by atoms with van der Waals surface area (Å²) in [6, 6.07) is 0. The fourth-order valence-corrected chi connectivity index (χ4v) is 0. The highest BCUT2D eigenvalue weighted by Crippen LogP contribution is 2.25. The highest BCUT2D eigenvalue weighted by molar-refractivity contribution is 6.59. The molecule has 0 radical (unpaired) electrons. The quantitative estimate of drug-likeness (QED) is 0.469. The molecule has 2 heteroatoms. The Morgan fingerprint density at radius 1 is 1.00 bits per heavy atom. The van der Waals surface area contributed by atoms with Crippen LogP contribution in [0.3, 0.4) is 0 Å². The predicted octanol–water partition coefficient (Wildman–Crippen LogP) is 2.70. The van der Waals surface area contributed by atoms with E-state index in [1.54, 1.807) is 0 Å². The van der Waals surface area contributed by atoms with Crippen LogP contribution < -0.4 is 0 Å². The van der Waals surface area contributed by atoms with E-state index in [9.17, 15) is 0 Å². The standard InChI is InChI=1S/C6H16Si.ClH/c1-6(2,3)7(4)5;/h7H,1-5H3;1H. The van der Waals surface area contributed by atoms with Gasteiger partial charge in [0.15, 0.2) is 0 Å². The molecule has 0 amide bonds. The molecule has 0 atom stereocenters. The molecule has 0 aliphatic rings. The molecule has 0 aliphatic carbocycles. The Labute approximate surface area is 60.7 Å². The van der Waals surface area contributed by atoms with E-state index in [-0.39, 0.29) is 21.2 Å². The average molecular weight is 153 g/mol. The van der Waals surface area contributed by atoms with Crippen LogP contribution in [-0.4, -0.2) is 8.80 Å². The maximum Gasteiger partial charge on any atom is 0.0361 e. The number of rotatable bonds is 0. The third-order valence-corrected chi connectivity index (χ3v) is 5.20. The maximum absolute atomic E-state index is 2.39. The van der Waals surface area contributed by atoms with Gasteiger partial charge in [-0.15, -0.1) is 12.4 Å². The minimum Gasteiger partial charge on any atom is -0.147 e. The molecule has 0 unspecified atom stereocenters. The topological polar surface area (TPSA) is 0 Å². The van der Waals surface area contributed by atoms with E-state index in [2.05, 4.69) is 33.9 Å². The van der Waals surface area contributed by atoms with Gasteiger partial charge in [0.05, 0.1) is 0 Å². The summed E-state index contributed by atoms with van der Waals surface area (Å²) in [5.74, 6) is 0. The molecule has 0 bridgehead atoms. The van der Waals surface area contributed by atoms with E-state index >= 15 is 0 Å². The van der Waals surface area contributed by atoms with Crippen molar-refractivity contribution in [2.45, 2.75) is 38.9 Å². The van der Waals surface area contributed by atoms with Crippen LogP contribution in [0.25, 0.3) is 0 Å². The third-order valence-electron chi connectivity index (χ3n) is 1.73. The normalized spacial score (nSPS) is 11.2. The fourth-order valence-electron chi connectivity index (χ4n) is 0. The van der Waals surface area contributed by atoms with Crippen molar-refractivity contribution >= 4 is 21.2 Å². The zero-order chi connectivity index (χ0) is 6.08. The molecular weight excluding hydrogens is 136 g/mol. The highest BCUT2D eigenvalue weighted by Gasteiger charge is 2.15. The predicted molar refractivity (Wildman–Crippen MR) is 45.8 cm³/mol. The lowest BCUT2D eigenvalue weighted by Crippen LogP contribution is -2.16. The summed E-state index contributed by atoms with van der Waals surface area (Å²) in [6.07, 6.45) is 0. The van der Waals surface area contributed by atoms with Crippen molar-refractivity contribution in [2.24, 2.45) is 0 Å². The van der Waals surface area contributed by atoms with Gasteiger partial charge in [0, 0.05) is 8.80 Å². The molecule has 0 heterocycles. The summed E-state index contributed by atoms with van der Waals surface area (Å²) in [5, 5.41) is 0.639. The summed E-state index contributed by atoms with van der Waals surface area (Å²) in [6.45, 7) is 11.7. The SMILES string of the molecule is C[SiH](C)C(C)(C)C.Cl. The minimum atomic E-state index is -0.359. The Kier molecular flexibility index (Phi) is 4.98. The van der Waals surface area contributed by atoms with Gasteiger partial charge in [0.25, 0.3) is 0 Å². The van der Waals surface area contributed by atoms with Gasteiger partial charge in [-0.05, 0) is 5.04 Å². The Hall–Kier alpha value is 0.507. The van der Waals surface area contributed by atoms with Crippen molar-refractivity contribution in [1.82, 2.24) is 0 Å². The molecule has 0 nitrogen and oxygen atoms in total. The molecule has 0 saturated heterocycles. The molecular formula is C6H17ClSi. The van der Waals surface area contributed by atoms with E-state index < -0.39 is 0 Å². The molecule has 0 saturated carbocycles. The van der Waals surface area contributed by atoms with Gasteiger partial charge in [0.2, 0.25) is 0 Å². The molecule has 52 valence electrons. The molecule has 0 aromatic rings. The average Bonchev–Trinajstić information content (AvgIpc) is 1.31. The van der Waals surface area contributed by atoms with Crippen LogP contribution >= 0.6 is 12.4 Å². The first-order valence-electron chi connectivity index (χ1n) is 2.94. The van der Waals surface area contributed by atoms with Crippen LogP contribution in [0.2, 0.25) is 18.1 Å². The summed E-state index contributed by atoms with van der Waals surface area (Å²) in [4.78, 5) is 0. The van der Waals surface area contributed by atoms with Crippen LogP contribution in [0.4, 0.5) is 0 Å². The van der Waals surface area contributed by atoms with E-state index in [1.165, 1.54) is 0 Å². The Morgan fingerprint density at radius 3 is 1.12 bits per heavy atom. The van der Waals surface area contributed by atoms with Crippen molar-refractivity contribution in [3.63, 3.8) is 0 Å². The van der Waals surface area contributed by atoms with Gasteiger partial charge in [-0.25, -0.2) is 0 Å². The number of hydrogen-bond donors (Lipinski definition) is 0. The van der Waals surface area contributed by atoms with Crippen LogP contribution in [0.5, 0.6) is 0 Å². The molecule has 0 aromatic carbocycles. The van der Waals surface area contributed by atoms with Gasteiger partial charge in [-0.1, -0.05) is 33.9 Å². The Morgan fingerprint density at radius 2 is 1.12 bits per heavy atom. The summed E-state index contributed by atoms with van der Waals surface area (Å²) < 4.78 is 0. The molecule has 0 aliphatic heterocycles. The number of halogens is 1. The van der Waals surface area contributed by atoms with Crippen LogP contribution in [-0.2, 0) is 0 Å². The lowest BCUT2D eigenvalue weighted by molar-refractivity contribution is 0.742. The minimum absolute atomic E-state index is 0. The first-order chi connectivity index (χ1) is 2.94. The van der Waals surface area contributed by atoms with E-state index in [1.807, 2.05) is 0 Å². The van der Waals surface area contributed by atoms with Crippen molar-refractivity contribution in [1.29, 1.82) is 0 Å². The molecule has 0 aromatic heterocycles. The smallest absolute Gasteiger partial charge is 0.0361 e. The summed E-state index contributed by atoms with van der Waals surface area (Å²) in [5.41, 5.74) is 0. The lowest BCUT2D eigenvalue weighted by Gasteiger charge is -2.21. The van der Waals surface area contributed by atoms with Gasteiger partial charge < -0.3 is 0 Å². The second kappa shape index (κ2) is 3.52. The first kappa shape index (κ1) is 11.3. The molecule has 0 spiro atoms. The van der Waals surface area contributed by atoms with Gasteiger partial charge in [-0.2, -0.15) is 0 Å². The van der Waals surface area contributed by atoms with Crippen LogP contribution in [0, 0.1) is 0 Å². The Balaban J connectivity index is 0. The molecule has 0 N–H and O–H groups in total. The third kappa shape index (κ3) is 4.66. The maximum atomic E-state index is 2.39. The van der Waals surface area contributed by atoms with Crippen molar-refractivity contribution < 1.29 is 0 Å². The van der Waals surface area contributed by atoms with Gasteiger partial charge >= 0.3 is 0 Å². The van der Waals surface area contributed by atoms with Crippen LogP contribution in [0.1, 0.15) is 20.8 Å². The van der Waals surface area contributed by atoms with Gasteiger partial charge in [0.1, 0.15) is 0 Å². The highest BCUT2D eigenvalue weighted by atomic mass is 35.5. The second-order valence-electron chi connectivity index (χ2n) is 3.52. The largest absolute Gasteiger partial charge is 0.147 e. The summed E-state index contributed by atoms with van der Waals surface area (Å²) >= 11 is 0. The zero-order valence-electron chi connectivity index (χ0n) is 6.49. The summed E-state index contributed by atoms with van der Waals surface area (Å²) in [7, 11) is -0.359. The number of hydrogen-bond acceptors (Lipinski definition) is 0. The van der Waals surface area contributed by atoms with Crippen LogP contribution in [0.15, 0.2) is 0 Å². The molecule has 0 rings (SSSR count). The Bertz CT molecular complexity index is 54.0. The van der Waals surface area contributed by atoms with E-state index in [0.717, 1.165) is 0 Å². The van der Waals surface area contributed by atoms with E-state index in [4.69, 9.17) is 0 Å². The van der Waals surface area contributed by atoms with Crippen molar-refractivity contribution in [3.05, 3.63) is 0 Å². The van der Waals surface area contributed by atoms with Gasteiger partial charge in [-0.3, -0.25) is 0 Å². The second-order valence-corrected chi connectivity index (χ2v) is 7.56. The monoisotopic (exact) mass is 152 g/mol. The van der Waals surface area contributed by atoms with Crippen molar-refractivity contribution in [2.75, 3.05) is 0 Å².